The Morgan fingerprint density at radius 1 is 1.18 bits per heavy atom. The molecule has 0 spiro atoms. The van der Waals surface area contributed by atoms with Gasteiger partial charge in [0.25, 0.3) is 0 Å². The number of rotatable bonds is 5. The fraction of sp³-hybridized carbons (Fsp3) is 0.500. The maximum Gasteiger partial charge on any atom is 0.318 e. The molecule has 2 amide bonds. The van der Waals surface area contributed by atoms with Crippen LogP contribution in [0, 0.1) is 0 Å². The van der Waals surface area contributed by atoms with Crippen LogP contribution in [0.25, 0.3) is 0 Å². The molecule has 0 bridgehead atoms. The lowest BCUT2D eigenvalue weighted by Gasteiger charge is -2.35. The molecule has 1 atom stereocenters. The number of nitrogens with zero attached hydrogens (tertiary/aromatic N) is 2. The van der Waals surface area contributed by atoms with Crippen molar-refractivity contribution in [3.8, 4) is 0 Å². The van der Waals surface area contributed by atoms with E-state index >= 15 is 0 Å². The number of hydrogen-bond acceptors (Lipinski definition) is 4. The summed E-state index contributed by atoms with van der Waals surface area (Å²) in [7, 11) is 0. The van der Waals surface area contributed by atoms with E-state index < -0.39 is 0 Å². The number of morpholine rings is 1. The first-order valence-electron chi connectivity index (χ1n) is 10.2. The third kappa shape index (κ3) is 4.24. The summed E-state index contributed by atoms with van der Waals surface area (Å²) in [6, 6.07) is 10.9. The van der Waals surface area contributed by atoms with Crippen molar-refractivity contribution < 1.29 is 9.53 Å². The second-order valence-corrected chi connectivity index (χ2v) is 8.48. The van der Waals surface area contributed by atoms with Gasteiger partial charge >= 0.3 is 6.03 Å². The Morgan fingerprint density at radius 3 is 2.75 bits per heavy atom. The molecular formula is C22H29N3O2S. The van der Waals surface area contributed by atoms with E-state index in [0.717, 1.165) is 52.2 Å². The minimum Gasteiger partial charge on any atom is -0.379 e. The second kappa shape index (κ2) is 9.07. The molecule has 150 valence electrons. The van der Waals surface area contributed by atoms with Gasteiger partial charge in [-0.3, -0.25) is 4.90 Å². The van der Waals surface area contributed by atoms with Crippen LogP contribution in [0.5, 0.6) is 0 Å². The van der Waals surface area contributed by atoms with Crippen molar-refractivity contribution in [2.75, 3.05) is 32.8 Å². The first-order chi connectivity index (χ1) is 13.8. The quantitative estimate of drug-likeness (QED) is 0.832. The van der Waals surface area contributed by atoms with E-state index in [-0.39, 0.29) is 12.1 Å². The zero-order valence-electron chi connectivity index (χ0n) is 16.5. The number of thiophene rings is 1. The van der Waals surface area contributed by atoms with Gasteiger partial charge in [0.05, 0.1) is 19.3 Å². The fourth-order valence-corrected chi connectivity index (χ4v) is 5.16. The molecule has 28 heavy (non-hydrogen) atoms. The van der Waals surface area contributed by atoms with Crippen LogP contribution < -0.4 is 5.32 Å². The summed E-state index contributed by atoms with van der Waals surface area (Å²) in [6.07, 6.45) is 1.91. The predicted molar refractivity (Wildman–Crippen MR) is 113 cm³/mol. The van der Waals surface area contributed by atoms with Gasteiger partial charge < -0.3 is 15.0 Å². The molecule has 1 fully saturated rings. The van der Waals surface area contributed by atoms with Crippen LogP contribution in [-0.4, -0.2) is 48.7 Å². The number of amides is 2. The molecule has 1 N–H and O–H groups in total. The number of urea groups is 1. The van der Waals surface area contributed by atoms with E-state index in [1.807, 2.05) is 16.2 Å². The molecular weight excluding hydrogens is 370 g/mol. The zero-order valence-corrected chi connectivity index (χ0v) is 17.3. The van der Waals surface area contributed by atoms with Crippen LogP contribution in [0.2, 0.25) is 0 Å². The highest BCUT2D eigenvalue weighted by Crippen LogP contribution is 2.35. The van der Waals surface area contributed by atoms with E-state index in [1.165, 1.54) is 21.6 Å². The van der Waals surface area contributed by atoms with Gasteiger partial charge in [0, 0.05) is 37.6 Å². The van der Waals surface area contributed by atoms with E-state index in [2.05, 4.69) is 52.9 Å². The Labute approximate surface area is 171 Å². The molecule has 2 aromatic rings. The number of hydrogen-bond donors (Lipinski definition) is 1. The van der Waals surface area contributed by atoms with Gasteiger partial charge in [-0.25, -0.2) is 4.79 Å². The monoisotopic (exact) mass is 399 g/mol. The Morgan fingerprint density at radius 2 is 1.96 bits per heavy atom. The molecule has 3 heterocycles. The van der Waals surface area contributed by atoms with Crippen LogP contribution in [0.15, 0.2) is 35.7 Å². The lowest BCUT2D eigenvalue weighted by atomic mass is 9.98. The van der Waals surface area contributed by atoms with Crippen molar-refractivity contribution in [1.82, 2.24) is 15.1 Å². The first kappa shape index (κ1) is 19.4. The van der Waals surface area contributed by atoms with Crippen LogP contribution >= 0.6 is 11.3 Å². The Bertz CT molecular complexity index is 801. The number of ether oxygens (including phenoxy) is 1. The van der Waals surface area contributed by atoms with Crippen molar-refractivity contribution in [3.05, 3.63) is 57.3 Å². The third-order valence-corrected chi connectivity index (χ3v) is 6.79. The summed E-state index contributed by atoms with van der Waals surface area (Å²) in [5.74, 6) is 0. The molecule has 4 rings (SSSR count). The molecule has 0 radical (unpaired) electrons. The lowest BCUT2D eigenvalue weighted by molar-refractivity contribution is 0.0340. The van der Waals surface area contributed by atoms with E-state index in [0.29, 0.717) is 6.54 Å². The van der Waals surface area contributed by atoms with Gasteiger partial charge in [0.15, 0.2) is 0 Å². The Hall–Kier alpha value is -1.89. The second-order valence-electron chi connectivity index (χ2n) is 7.48. The normalized spacial score (nSPS) is 20.0. The van der Waals surface area contributed by atoms with Crippen molar-refractivity contribution in [2.24, 2.45) is 0 Å². The minimum absolute atomic E-state index is 0.0462. The molecule has 1 aromatic carbocycles. The highest BCUT2D eigenvalue weighted by atomic mass is 32.1. The maximum atomic E-state index is 13.0. The van der Waals surface area contributed by atoms with Crippen molar-refractivity contribution in [1.29, 1.82) is 0 Å². The molecule has 2 aliphatic rings. The maximum absolute atomic E-state index is 13.0. The molecule has 5 nitrogen and oxygen atoms in total. The van der Waals surface area contributed by atoms with Crippen molar-refractivity contribution >= 4 is 17.4 Å². The topological polar surface area (TPSA) is 44.8 Å². The molecule has 0 saturated carbocycles. The summed E-state index contributed by atoms with van der Waals surface area (Å²) < 4.78 is 5.45. The number of benzene rings is 1. The highest BCUT2D eigenvalue weighted by molar-refractivity contribution is 7.10. The summed E-state index contributed by atoms with van der Waals surface area (Å²) >= 11 is 1.81. The molecule has 0 aliphatic carbocycles. The van der Waals surface area contributed by atoms with Crippen LogP contribution in [-0.2, 0) is 24.2 Å². The first-order valence-corrected chi connectivity index (χ1v) is 11.1. The van der Waals surface area contributed by atoms with Gasteiger partial charge in [-0.1, -0.05) is 31.2 Å². The highest BCUT2D eigenvalue weighted by Gasteiger charge is 2.30. The number of nitrogens with one attached hydrogen (secondary N) is 1. The van der Waals surface area contributed by atoms with Crippen molar-refractivity contribution in [3.63, 3.8) is 0 Å². The van der Waals surface area contributed by atoms with Crippen LogP contribution in [0.1, 0.15) is 41.0 Å². The van der Waals surface area contributed by atoms with Crippen LogP contribution in [0.3, 0.4) is 0 Å². The molecule has 6 heteroatoms. The molecule has 1 aromatic heterocycles. The Balaban J connectivity index is 1.40. The molecule has 1 saturated heterocycles. The standard InChI is InChI=1S/C22H29N3O2S/c1-2-20-19-8-14-28-21(19)7-9-25(20)22(26)23-15-17-5-3-4-6-18(17)16-24-10-12-27-13-11-24/h3-6,8,14,20H,2,7,9-13,15-16H2,1H3,(H,23,26). The average molecular weight is 400 g/mol. The smallest absolute Gasteiger partial charge is 0.318 e. The summed E-state index contributed by atoms with van der Waals surface area (Å²) in [5, 5.41) is 5.33. The summed E-state index contributed by atoms with van der Waals surface area (Å²) in [5.41, 5.74) is 3.82. The number of carbonyl (C=O) groups excluding carboxylic acids is 1. The zero-order chi connectivity index (χ0) is 19.3. The number of carbonyl (C=O) groups is 1. The van der Waals surface area contributed by atoms with E-state index in [9.17, 15) is 4.79 Å². The summed E-state index contributed by atoms with van der Waals surface area (Å²) in [6.45, 7) is 7.99. The average Bonchev–Trinajstić information content (AvgIpc) is 3.22. The van der Waals surface area contributed by atoms with Gasteiger partial charge in [-0.15, -0.1) is 11.3 Å². The molecule has 1 unspecified atom stereocenters. The minimum atomic E-state index is 0.0462. The van der Waals surface area contributed by atoms with Gasteiger partial charge in [0.2, 0.25) is 0 Å². The number of fused-ring (bicyclic) bond motifs is 1. The van der Waals surface area contributed by atoms with E-state index in [4.69, 9.17) is 4.74 Å². The lowest BCUT2D eigenvalue weighted by Crippen LogP contribution is -2.45. The van der Waals surface area contributed by atoms with Crippen molar-refractivity contribution in [2.45, 2.75) is 38.9 Å². The SMILES string of the molecule is CCC1c2ccsc2CCN1C(=O)NCc1ccccc1CN1CCOCC1. The van der Waals surface area contributed by atoms with E-state index in [1.54, 1.807) is 0 Å². The van der Waals surface area contributed by atoms with Gasteiger partial charge in [-0.05, 0) is 41.0 Å². The third-order valence-electron chi connectivity index (χ3n) is 5.79. The fourth-order valence-electron chi connectivity index (χ4n) is 4.24. The Kier molecular flexibility index (Phi) is 6.29. The largest absolute Gasteiger partial charge is 0.379 e. The van der Waals surface area contributed by atoms with Gasteiger partial charge in [0.1, 0.15) is 0 Å². The molecule has 2 aliphatic heterocycles. The summed E-state index contributed by atoms with van der Waals surface area (Å²) in [4.78, 5) is 18.8. The predicted octanol–water partition coefficient (Wildman–Crippen LogP) is 3.80. The van der Waals surface area contributed by atoms with Crippen LogP contribution in [0.4, 0.5) is 4.79 Å². The van der Waals surface area contributed by atoms with Gasteiger partial charge in [-0.2, -0.15) is 0 Å².